The van der Waals surface area contributed by atoms with Crippen LogP contribution in [0.5, 0.6) is 0 Å². The van der Waals surface area contributed by atoms with Gasteiger partial charge < -0.3 is 10.6 Å². The van der Waals surface area contributed by atoms with Gasteiger partial charge in [0.05, 0.1) is 0 Å². The molecule has 96 valence electrons. The van der Waals surface area contributed by atoms with E-state index in [0.717, 1.165) is 25.2 Å². The molecule has 0 saturated heterocycles. The Balaban J connectivity index is 2.62. The van der Waals surface area contributed by atoms with E-state index in [4.69, 9.17) is 5.73 Å². The summed E-state index contributed by atoms with van der Waals surface area (Å²) in [5.74, 6) is 0.410. The Labute approximate surface area is 104 Å². The third-order valence-corrected chi connectivity index (χ3v) is 2.80. The maximum Gasteiger partial charge on any atom is 0.123 e. The molecule has 0 fully saturated rings. The molecule has 0 bridgehead atoms. The largest absolute Gasteiger partial charge is 0.370 e. The summed E-state index contributed by atoms with van der Waals surface area (Å²) in [6.07, 6.45) is 1.01. The molecule has 1 aromatic carbocycles. The number of nitrogens with two attached hydrogens (primary N) is 1. The maximum absolute atomic E-state index is 12.8. The van der Waals surface area contributed by atoms with E-state index in [1.165, 1.54) is 12.1 Å². The second kappa shape index (κ2) is 6.60. The zero-order valence-electron chi connectivity index (χ0n) is 11.0. The van der Waals surface area contributed by atoms with Crippen LogP contribution in [0, 0.1) is 11.7 Å². The Hall–Kier alpha value is -1.09. The van der Waals surface area contributed by atoms with Gasteiger partial charge in [-0.25, -0.2) is 4.39 Å². The summed E-state index contributed by atoms with van der Waals surface area (Å²) in [6, 6.07) is 6.76. The molecule has 1 rings (SSSR count). The van der Waals surface area contributed by atoms with Crippen LogP contribution in [0.25, 0.3) is 0 Å². The van der Waals surface area contributed by atoms with Gasteiger partial charge in [-0.3, -0.25) is 0 Å². The van der Waals surface area contributed by atoms with E-state index in [1.807, 2.05) is 0 Å². The quantitative estimate of drug-likeness (QED) is 0.825. The summed E-state index contributed by atoms with van der Waals surface area (Å²) < 4.78 is 12.8. The van der Waals surface area contributed by atoms with Gasteiger partial charge in [0.15, 0.2) is 0 Å². The van der Waals surface area contributed by atoms with Crippen LogP contribution in [-0.4, -0.2) is 19.1 Å². The van der Waals surface area contributed by atoms with Gasteiger partial charge in [-0.1, -0.05) is 13.8 Å². The molecule has 1 unspecified atom stereocenters. The molecule has 0 radical (unpaired) electrons. The lowest BCUT2D eigenvalue weighted by Crippen LogP contribution is -2.38. The molecule has 1 aromatic rings. The number of hydrogen-bond acceptors (Lipinski definition) is 2. The predicted octanol–water partition coefficient (Wildman–Crippen LogP) is 3.03. The Kier molecular flexibility index (Phi) is 5.42. The van der Waals surface area contributed by atoms with Crippen molar-refractivity contribution in [1.29, 1.82) is 0 Å². The molecule has 0 aromatic heterocycles. The lowest BCUT2D eigenvalue weighted by molar-refractivity contribution is 0.490. The third-order valence-electron chi connectivity index (χ3n) is 2.80. The number of anilines is 1. The smallest absolute Gasteiger partial charge is 0.123 e. The number of hydrogen-bond donors (Lipinski definition) is 1. The van der Waals surface area contributed by atoms with Gasteiger partial charge >= 0.3 is 0 Å². The Bertz CT molecular complexity index is 321. The van der Waals surface area contributed by atoms with Crippen molar-refractivity contribution in [2.24, 2.45) is 11.7 Å². The zero-order valence-corrected chi connectivity index (χ0v) is 11.0. The van der Waals surface area contributed by atoms with Crippen molar-refractivity contribution in [2.75, 3.05) is 18.0 Å². The molecule has 0 aliphatic carbocycles. The number of halogens is 1. The first-order chi connectivity index (χ1) is 8.02. The molecule has 0 heterocycles. The molecular weight excluding hydrogens is 215 g/mol. The van der Waals surface area contributed by atoms with Crippen molar-refractivity contribution < 1.29 is 4.39 Å². The summed E-state index contributed by atoms with van der Waals surface area (Å²) in [5.41, 5.74) is 7.14. The topological polar surface area (TPSA) is 29.3 Å². The minimum Gasteiger partial charge on any atom is -0.370 e. The van der Waals surface area contributed by atoms with Gasteiger partial charge in [0.2, 0.25) is 0 Å². The average Bonchev–Trinajstić information content (AvgIpc) is 2.26. The van der Waals surface area contributed by atoms with Crippen LogP contribution in [-0.2, 0) is 0 Å². The van der Waals surface area contributed by atoms with E-state index < -0.39 is 0 Å². The predicted molar refractivity (Wildman–Crippen MR) is 71.7 cm³/mol. The second-order valence-corrected chi connectivity index (χ2v) is 4.90. The first-order valence-corrected chi connectivity index (χ1v) is 6.29. The second-order valence-electron chi connectivity index (χ2n) is 4.90. The van der Waals surface area contributed by atoms with Gasteiger partial charge in [-0.15, -0.1) is 0 Å². The van der Waals surface area contributed by atoms with Crippen molar-refractivity contribution in [1.82, 2.24) is 0 Å². The molecule has 0 spiro atoms. The zero-order chi connectivity index (χ0) is 12.8. The number of likely N-dealkylation sites (N-methyl/N-ethyl adjacent to an activating group) is 1. The van der Waals surface area contributed by atoms with Crippen molar-refractivity contribution in [3.8, 4) is 0 Å². The monoisotopic (exact) mass is 238 g/mol. The van der Waals surface area contributed by atoms with Crippen molar-refractivity contribution in [2.45, 2.75) is 33.2 Å². The van der Waals surface area contributed by atoms with Crippen LogP contribution < -0.4 is 10.6 Å². The van der Waals surface area contributed by atoms with Gasteiger partial charge in [0.1, 0.15) is 5.82 Å². The highest BCUT2D eigenvalue weighted by Gasteiger charge is 2.11. The first-order valence-electron chi connectivity index (χ1n) is 6.29. The highest BCUT2D eigenvalue weighted by atomic mass is 19.1. The van der Waals surface area contributed by atoms with Gasteiger partial charge in [-0.2, -0.15) is 0 Å². The van der Waals surface area contributed by atoms with Gasteiger partial charge in [0.25, 0.3) is 0 Å². The summed E-state index contributed by atoms with van der Waals surface area (Å²) in [6.45, 7) is 8.14. The molecule has 0 aliphatic rings. The van der Waals surface area contributed by atoms with E-state index in [1.54, 1.807) is 12.1 Å². The lowest BCUT2D eigenvalue weighted by atomic mass is 10.0. The van der Waals surface area contributed by atoms with Gasteiger partial charge in [0, 0.05) is 24.8 Å². The van der Waals surface area contributed by atoms with E-state index >= 15 is 0 Å². The van der Waals surface area contributed by atoms with E-state index in [2.05, 4.69) is 25.7 Å². The maximum atomic E-state index is 12.8. The lowest BCUT2D eigenvalue weighted by Gasteiger charge is -2.27. The number of benzene rings is 1. The average molecular weight is 238 g/mol. The highest BCUT2D eigenvalue weighted by Crippen LogP contribution is 2.15. The number of rotatable bonds is 6. The van der Waals surface area contributed by atoms with E-state index in [-0.39, 0.29) is 11.9 Å². The molecule has 0 saturated carbocycles. The summed E-state index contributed by atoms with van der Waals surface area (Å²) in [4.78, 5) is 2.19. The van der Waals surface area contributed by atoms with Crippen LogP contribution in [0.15, 0.2) is 24.3 Å². The summed E-state index contributed by atoms with van der Waals surface area (Å²) >= 11 is 0. The molecule has 1 atom stereocenters. The normalized spacial score (nSPS) is 12.8. The minimum atomic E-state index is -0.198. The summed E-state index contributed by atoms with van der Waals surface area (Å²) in [7, 11) is 0. The van der Waals surface area contributed by atoms with Crippen molar-refractivity contribution in [3.63, 3.8) is 0 Å². The van der Waals surface area contributed by atoms with Crippen LogP contribution in [0.2, 0.25) is 0 Å². The van der Waals surface area contributed by atoms with Crippen LogP contribution in [0.1, 0.15) is 27.2 Å². The first kappa shape index (κ1) is 14.0. The van der Waals surface area contributed by atoms with Crippen LogP contribution in [0.3, 0.4) is 0 Å². The minimum absolute atomic E-state index is 0.167. The van der Waals surface area contributed by atoms with E-state index in [0.29, 0.717) is 5.92 Å². The van der Waals surface area contributed by atoms with Gasteiger partial charge in [-0.05, 0) is 43.5 Å². The standard InChI is InChI=1S/C14H23FN2/c1-4-17(10-13(16)9-11(2)3)14-7-5-12(15)6-8-14/h5-8,11,13H,4,9-10,16H2,1-3H3. The highest BCUT2D eigenvalue weighted by molar-refractivity contribution is 5.46. The van der Waals surface area contributed by atoms with Crippen LogP contribution in [0.4, 0.5) is 10.1 Å². The molecule has 3 heteroatoms. The fourth-order valence-electron chi connectivity index (χ4n) is 2.03. The summed E-state index contributed by atoms with van der Waals surface area (Å²) in [5, 5.41) is 0. The Morgan fingerprint density at radius 2 is 1.82 bits per heavy atom. The molecule has 0 aliphatic heterocycles. The number of nitrogens with zero attached hydrogens (tertiary/aromatic N) is 1. The fourth-order valence-corrected chi connectivity index (χ4v) is 2.03. The Morgan fingerprint density at radius 3 is 2.29 bits per heavy atom. The SMILES string of the molecule is CCN(CC(N)CC(C)C)c1ccc(F)cc1. The fraction of sp³-hybridized carbons (Fsp3) is 0.571. The third kappa shape index (κ3) is 4.73. The molecule has 2 N–H and O–H groups in total. The molecular formula is C14H23FN2. The van der Waals surface area contributed by atoms with Crippen molar-refractivity contribution >= 4 is 5.69 Å². The van der Waals surface area contributed by atoms with Crippen molar-refractivity contribution in [3.05, 3.63) is 30.1 Å². The molecule has 0 amide bonds. The molecule has 17 heavy (non-hydrogen) atoms. The van der Waals surface area contributed by atoms with E-state index in [9.17, 15) is 4.39 Å². The van der Waals surface area contributed by atoms with Crippen LogP contribution >= 0.6 is 0 Å². The Morgan fingerprint density at radius 1 is 1.24 bits per heavy atom. The molecule has 2 nitrogen and oxygen atoms in total.